The molecule has 0 aliphatic carbocycles. The topological polar surface area (TPSA) is 75.7 Å². The second-order valence-electron chi connectivity index (χ2n) is 8.36. The molecular formula is C23H25F3N2O4S. The second kappa shape index (κ2) is 9.72. The zero-order valence-electron chi connectivity index (χ0n) is 17.8. The van der Waals surface area contributed by atoms with Crippen molar-refractivity contribution in [2.24, 2.45) is 0 Å². The van der Waals surface area contributed by atoms with E-state index in [2.05, 4.69) is 4.72 Å². The first-order chi connectivity index (χ1) is 15.7. The van der Waals surface area contributed by atoms with Gasteiger partial charge in [0.1, 0.15) is 0 Å². The molecule has 0 unspecified atom stereocenters. The summed E-state index contributed by atoms with van der Waals surface area (Å²) in [6.45, 7) is 0.359. The Morgan fingerprint density at radius 1 is 1.15 bits per heavy atom. The number of carbonyl (C=O) groups excluding carboxylic acids is 1. The largest absolute Gasteiger partial charge is 0.489 e. The van der Waals surface area contributed by atoms with Gasteiger partial charge >= 0.3 is 5.76 Å². The number of rotatable bonds is 3. The van der Waals surface area contributed by atoms with Gasteiger partial charge in [0.05, 0.1) is 13.0 Å². The summed E-state index contributed by atoms with van der Waals surface area (Å²) in [6, 6.07) is 11.0. The number of sulfonamides is 1. The van der Waals surface area contributed by atoms with Gasteiger partial charge in [-0.3, -0.25) is 4.79 Å². The van der Waals surface area contributed by atoms with Crippen LogP contribution in [0.2, 0.25) is 0 Å². The lowest BCUT2D eigenvalue weighted by Crippen LogP contribution is -2.45. The minimum absolute atomic E-state index is 0.0167. The maximum absolute atomic E-state index is 14.5. The highest BCUT2D eigenvalue weighted by Crippen LogP contribution is 2.34. The predicted molar refractivity (Wildman–Crippen MR) is 117 cm³/mol. The first-order valence-electron chi connectivity index (χ1n) is 10.8. The highest BCUT2D eigenvalue weighted by atomic mass is 32.2. The standard InChI is InChI=1S/C23H25F3N2O4S/c24-20-8-2-7-19-16-5-1-4-15(12-16)13-18-14-17(27-33(30,31)23(25)26)6-3-10-28(18)21(29)9-11-32-22(19)20/h1-2,4-5,7-8,12,17-18,23,27H,3,6,9-11,13-14H2/t17-,18-/m0/s1. The van der Waals surface area contributed by atoms with E-state index in [4.69, 9.17) is 4.74 Å². The Hall–Kier alpha value is -2.59. The Morgan fingerprint density at radius 2 is 1.94 bits per heavy atom. The van der Waals surface area contributed by atoms with Crippen molar-refractivity contribution in [3.63, 3.8) is 0 Å². The molecule has 10 heteroatoms. The van der Waals surface area contributed by atoms with E-state index in [-0.39, 0.29) is 37.1 Å². The van der Waals surface area contributed by atoms with Gasteiger partial charge in [-0.1, -0.05) is 36.4 Å². The molecule has 2 aromatic carbocycles. The average Bonchev–Trinajstić information content (AvgIpc) is 2.95. The second-order valence-corrected chi connectivity index (χ2v) is 10.0. The maximum atomic E-state index is 14.5. The zero-order chi connectivity index (χ0) is 23.6. The smallest absolute Gasteiger partial charge is 0.350 e. The monoisotopic (exact) mass is 482 g/mol. The summed E-state index contributed by atoms with van der Waals surface area (Å²) in [7, 11) is -4.74. The van der Waals surface area contributed by atoms with E-state index < -0.39 is 27.6 Å². The van der Waals surface area contributed by atoms with Crippen LogP contribution in [0, 0.1) is 5.82 Å². The third kappa shape index (κ3) is 5.33. The number of para-hydroxylation sites is 1. The van der Waals surface area contributed by atoms with Crippen molar-refractivity contribution in [2.45, 2.75) is 49.9 Å². The van der Waals surface area contributed by atoms with E-state index in [1.54, 1.807) is 17.0 Å². The molecule has 0 spiro atoms. The van der Waals surface area contributed by atoms with Gasteiger partial charge in [0.15, 0.2) is 11.6 Å². The highest BCUT2D eigenvalue weighted by molar-refractivity contribution is 7.89. The molecule has 6 nitrogen and oxygen atoms in total. The fourth-order valence-electron chi connectivity index (χ4n) is 4.58. The minimum Gasteiger partial charge on any atom is -0.489 e. The number of carbonyl (C=O) groups is 1. The van der Waals surface area contributed by atoms with E-state index in [1.807, 2.05) is 24.3 Å². The van der Waals surface area contributed by atoms with Crippen LogP contribution >= 0.6 is 0 Å². The number of hydrogen-bond donors (Lipinski definition) is 1. The van der Waals surface area contributed by atoms with E-state index in [1.165, 1.54) is 6.07 Å². The van der Waals surface area contributed by atoms with Gasteiger partial charge in [0, 0.05) is 24.2 Å². The molecule has 1 saturated heterocycles. The number of benzene rings is 2. The molecule has 2 atom stereocenters. The summed E-state index contributed by atoms with van der Waals surface area (Å²) < 4.78 is 71.6. The quantitative estimate of drug-likeness (QED) is 0.724. The molecule has 2 aliphatic heterocycles. The van der Waals surface area contributed by atoms with E-state index in [0.29, 0.717) is 31.4 Å². The number of halogens is 3. The maximum Gasteiger partial charge on any atom is 0.350 e. The summed E-state index contributed by atoms with van der Waals surface area (Å²) in [5, 5.41) is 0. The lowest BCUT2D eigenvalue weighted by molar-refractivity contribution is -0.134. The van der Waals surface area contributed by atoms with Gasteiger partial charge in [0.25, 0.3) is 10.0 Å². The molecule has 0 radical (unpaired) electrons. The number of nitrogens with zero attached hydrogens (tertiary/aromatic N) is 1. The van der Waals surface area contributed by atoms with Gasteiger partial charge in [-0.15, -0.1) is 0 Å². The van der Waals surface area contributed by atoms with Gasteiger partial charge in [0.2, 0.25) is 5.91 Å². The number of nitrogens with one attached hydrogen (secondary N) is 1. The van der Waals surface area contributed by atoms with Crippen molar-refractivity contribution in [1.29, 1.82) is 0 Å². The summed E-state index contributed by atoms with van der Waals surface area (Å²) in [5.41, 5.74) is 2.19. The summed E-state index contributed by atoms with van der Waals surface area (Å²) in [6.07, 6.45) is 1.47. The molecule has 1 N–H and O–H groups in total. The molecule has 4 rings (SSSR count). The van der Waals surface area contributed by atoms with Crippen LogP contribution in [0.5, 0.6) is 5.75 Å². The Kier molecular flexibility index (Phi) is 6.94. The molecule has 0 saturated carbocycles. The summed E-state index contributed by atoms with van der Waals surface area (Å²) >= 11 is 0. The van der Waals surface area contributed by atoms with Crippen LogP contribution in [0.25, 0.3) is 11.1 Å². The van der Waals surface area contributed by atoms with Crippen LogP contribution in [0.15, 0.2) is 42.5 Å². The Morgan fingerprint density at radius 3 is 2.73 bits per heavy atom. The molecule has 178 valence electrons. The first-order valence-corrected chi connectivity index (χ1v) is 12.4. The van der Waals surface area contributed by atoms with E-state index in [0.717, 1.165) is 11.1 Å². The third-order valence-electron chi connectivity index (χ3n) is 6.07. The lowest BCUT2D eigenvalue weighted by atomic mass is 9.95. The van der Waals surface area contributed by atoms with E-state index >= 15 is 0 Å². The normalized spacial score (nSPS) is 21.8. The van der Waals surface area contributed by atoms with Crippen LogP contribution in [0.1, 0.15) is 31.2 Å². The van der Waals surface area contributed by atoms with Crippen LogP contribution in [0.4, 0.5) is 13.2 Å². The Balaban J connectivity index is 1.68. The number of hydrogen-bond acceptors (Lipinski definition) is 4. The fraction of sp³-hybridized carbons (Fsp3) is 0.435. The molecular weight excluding hydrogens is 457 g/mol. The van der Waals surface area contributed by atoms with Crippen molar-refractivity contribution in [2.75, 3.05) is 13.2 Å². The molecule has 1 fully saturated rings. The lowest BCUT2D eigenvalue weighted by Gasteiger charge is -2.32. The Bertz CT molecular complexity index is 1130. The van der Waals surface area contributed by atoms with Gasteiger partial charge in [-0.05, 0) is 42.9 Å². The first kappa shape index (κ1) is 23.6. The SMILES string of the molecule is O=C1CCOc2c(F)cccc2-c2cccc(c2)C[C@H]2C[C@@H](NS(=O)(=O)C(F)F)CCCN12. The van der Waals surface area contributed by atoms with Crippen LogP contribution in [0.3, 0.4) is 0 Å². The van der Waals surface area contributed by atoms with Gasteiger partial charge < -0.3 is 9.64 Å². The summed E-state index contributed by atoms with van der Waals surface area (Å²) in [4.78, 5) is 14.7. The number of alkyl halides is 2. The zero-order valence-corrected chi connectivity index (χ0v) is 18.7. The molecule has 0 aromatic heterocycles. The minimum atomic E-state index is -4.74. The van der Waals surface area contributed by atoms with Crippen LogP contribution < -0.4 is 9.46 Å². The molecule has 2 aromatic rings. The van der Waals surface area contributed by atoms with E-state index in [9.17, 15) is 26.4 Å². The number of amides is 1. The van der Waals surface area contributed by atoms with Gasteiger partial charge in [-0.2, -0.15) is 8.78 Å². The van der Waals surface area contributed by atoms with Crippen molar-refractivity contribution in [1.82, 2.24) is 9.62 Å². The molecule has 2 aliphatic rings. The third-order valence-corrected chi connectivity index (χ3v) is 7.20. The van der Waals surface area contributed by atoms with Gasteiger partial charge in [-0.25, -0.2) is 17.5 Å². The van der Waals surface area contributed by atoms with Crippen molar-refractivity contribution in [3.05, 3.63) is 53.8 Å². The number of ether oxygens (including phenoxy) is 1. The fourth-order valence-corrected chi connectivity index (χ4v) is 5.36. The predicted octanol–water partition coefficient (Wildman–Crippen LogP) is 3.71. The average molecular weight is 483 g/mol. The van der Waals surface area contributed by atoms with Crippen molar-refractivity contribution >= 4 is 15.9 Å². The highest BCUT2D eigenvalue weighted by Gasteiger charge is 2.34. The molecule has 33 heavy (non-hydrogen) atoms. The van der Waals surface area contributed by atoms with Crippen molar-refractivity contribution < 1.29 is 31.1 Å². The molecule has 2 heterocycles. The molecule has 2 bridgehead atoms. The Labute approximate surface area is 190 Å². The summed E-state index contributed by atoms with van der Waals surface area (Å²) in [5.74, 6) is -4.13. The van der Waals surface area contributed by atoms with Crippen LogP contribution in [-0.4, -0.2) is 50.2 Å². The number of fused-ring (bicyclic) bond motifs is 5. The van der Waals surface area contributed by atoms with Crippen molar-refractivity contribution in [3.8, 4) is 16.9 Å². The van der Waals surface area contributed by atoms with Crippen LogP contribution in [-0.2, 0) is 21.2 Å². The molecule has 1 amide bonds.